The molecule has 1 rings (SSSR count). The molecule has 0 amide bonds. The summed E-state index contributed by atoms with van der Waals surface area (Å²) in [7, 11) is 0. The van der Waals surface area contributed by atoms with Crippen molar-refractivity contribution in [1.29, 1.82) is 0 Å². The summed E-state index contributed by atoms with van der Waals surface area (Å²) in [5.41, 5.74) is -0.663. The Morgan fingerprint density at radius 2 is 1.77 bits per heavy atom. The zero-order valence-corrected chi connectivity index (χ0v) is 8.48. The van der Waals surface area contributed by atoms with Gasteiger partial charge >= 0.3 is 6.18 Å². The van der Waals surface area contributed by atoms with Crippen molar-refractivity contribution in [2.45, 2.75) is 6.18 Å². The summed E-state index contributed by atoms with van der Waals surface area (Å²) in [5, 5.41) is 0. The minimum atomic E-state index is -4.32. The molecule has 13 heavy (non-hydrogen) atoms. The molecule has 1 aromatic carbocycles. The molecule has 1 aromatic rings. The lowest BCUT2D eigenvalue weighted by molar-refractivity contribution is -0.137. The Morgan fingerprint density at radius 1 is 1.15 bits per heavy atom. The predicted molar refractivity (Wildman–Crippen MR) is 52.3 cm³/mol. The van der Waals surface area contributed by atoms with Crippen LogP contribution >= 0.6 is 22.6 Å². The van der Waals surface area contributed by atoms with Gasteiger partial charge in [0.1, 0.15) is 0 Å². The highest BCUT2D eigenvalue weighted by Gasteiger charge is 2.32. The maximum absolute atomic E-state index is 12.3. The lowest BCUT2D eigenvalue weighted by Gasteiger charge is -2.07. The second kappa shape index (κ2) is 4.01. The number of halogens is 4. The Labute approximate surface area is 87.3 Å². The van der Waals surface area contributed by atoms with Gasteiger partial charge in [0.2, 0.25) is 0 Å². The maximum atomic E-state index is 12.3. The summed E-state index contributed by atoms with van der Waals surface area (Å²) in [4.78, 5) is 0. The van der Waals surface area contributed by atoms with Crippen LogP contribution in [0.1, 0.15) is 11.1 Å². The SMILES string of the molecule is FC(F)(F)c1ccccc1C#CI. The van der Waals surface area contributed by atoms with Gasteiger partial charge in [0.25, 0.3) is 0 Å². The van der Waals surface area contributed by atoms with E-state index in [0.29, 0.717) is 0 Å². The molecule has 0 aliphatic carbocycles. The average molecular weight is 296 g/mol. The standard InChI is InChI=1S/C9H4F3I/c10-9(11,12)8-4-2-1-3-7(8)5-6-13/h1-4H. The molecule has 0 N–H and O–H groups in total. The molecule has 0 spiro atoms. The highest BCUT2D eigenvalue weighted by Crippen LogP contribution is 2.31. The van der Waals surface area contributed by atoms with Crippen LogP contribution in [-0.2, 0) is 6.18 Å². The van der Waals surface area contributed by atoms with Crippen molar-refractivity contribution in [3.8, 4) is 9.85 Å². The average Bonchev–Trinajstić information content (AvgIpc) is 2.04. The van der Waals surface area contributed by atoms with E-state index in [4.69, 9.17) is 0 Å². The number of hydrogen-bond donors (Lipinski definition) is 0. The number of benzene rings is 1. The molecule has 0 aliphatic heterocycles. The Morgan fingerprint density at radius 3 is 2.31 bits per heavy atom. The summed E-state index contributed by atoms with van der Waals surface area (Å²) in [5.74, 6) is 2.40. The summed E-state index contributed by atoms with van der Waals surface area (Å²) < 4.78 is 39.3. The van der Waals surface area contributed by atoms with Crippen LogP contribution in [0, 0.1) is 9.85 Å². The van der Waals surface area contributed by atoms with Gasteiger partial charge in [-0.1, -0.05) is 18.1 Å². The molecule has 0 bridgehead atoms. The van der Waals surface area contributed by atoms with Gasteiger partial charge in [-0.05, 0) is 16.1 Å². The first-order valence-electron chi connectivity index (χ1n) is 3.33. The highest BCUT2D eigenvalue weighted by molar-refractivity contribution is 14.1. The van der Waals surface area contributed by atoms with Crippen LogP contribution in [0.15, 0.2) is 24.3 Å². The molecule has 0 saturated carbocycles. The van der Waals surface area contributed by atoms with Gasteiger partial charge in [-0.15, -0.1) is 0 Å². The number of alkyl halides is 3. The minimum Gasteiger partial charge on any atom is -0.166 e. The van der Waals surface area contributed by atoms with E-state index in [0.717, 1.165) is 6.07 Å². The van der Waals surface area contributed by atoms with Gasteiger partial charge in [-0.25, -0.2) is 0 Å². The fraction of sp³-hybridized carbons (Fsp3) is 0.111. The van der Waals surface area contributed by atoms with Gasteiger partial charge in [0.05, 0.1) is 5.56 Å². The Bertz CT molecular complexity index is 357. The summed E-state index contributed by atoms with van der Waals surface area (Å²) >= 11 is 1.71. The number of rotatable bonds is 0. The molecule has 0 aromatic heterocycles. The molecule has 0 unspecified atom stereocenters. The van der Waals surface area contributed by atoms with Crippen molar-refractivity contribution in [1.82, 2.24) is 0 Å². The monoisotopic (exact) mass is 296 g/mol. The lowest BCUT2D eigenvalue weighted by Crippen LogP contribution is -2.07. The number of hydrogen-bond acceptors (Lipinski definition) is 0. The van der Waals surface area contributed by atoms with E-state index >= 15 is 0 Å². The lowest BCUT2D eigenvalue weighted by atomic mass is 10.1. The van der Waals surface area contributed by atoms with Crippen LogP contribution in [0.25, 0.3) is 0 Å². The smallest absolute Gasteiger partial charge is 0.166 e. The van der Waals surface area contributed by atoms with Gasteiger partial charge in [-0.2, -0.15) is 13.2 Å². The van der Waals surface area contributed by atoms with Gasteiger partial charge in [-0.3, -0.25) is 0 Å². The second-order valence-corrected chi connectivity index (χ2v) is 2.80. The molecular weight excluding hydrogens is 292 g/mol. The molecule has 68 valence electrons. The summed E-state index contributed by atoms with van der Waals surface area (Å²) in [6.45, 7) is 0. The molecule has 0 nitrogen and oxygen atoms in total. The van der Waals surface area contributed by atoms with Crippen molar-refractivity contribution >= 4 is 22.6 Å². The molecule has 0 radical (unpaired) electrons. The molecule has 0 fully saturated rings. The fourth-order valence-electron chi connectivity index (χ4n) is 0.890. The van der Waals surface area contributed by atoms with E-state index in [2.05, 4.69) is 9.85 Å². The normalized spacial score (nSPS) is 10.5. The van der Waals surface area contributed by atoms with Crippen LogP contribution in [0.4, 0.5) is 13.2 Å². The largest absolute Gasteiger partial charge is 0.417 e. The van der Waals surface area contributed by atoms with E-state index in [1.807, 2.05) is 0 Å². The Kier molecular flexibility index (Phi) is 3.20. The van der Waals surface area contributed by atoms with Gasteiger partial charge in [0, 0.05) is 28.2 Å². The Balaban J connectivity index is 3.25. The van der Waals surface area contributed by atoms with Crippen LogP contribution in [0.5, 0.6) is 0 Å². The van der Waals surface area contributed by atoms with E-state index in [1.165, 1.54) is 18.2 Å². The molecule has 4 heteroatoms. The van der Waals surface area contributed by atoms with Crippen LogP contribution in [0.3, 0.4) is 0 Å². The molecule has 0 heterocycles. The van der Waals surface area contributed by atoms with E-state index in [1.54, 1.807) is 22.6 Å². The highest BCUT2D eigenvalue weighted by atomic mass is 127. The Hall–Kier alpha value is -0.700. The van der Waals surface area contributed by atoms with Crippen LogP contribution < -0.4 is 0 Å². The topological polar surface area (TPSA) is 0 Å². The third-order valence-electron chi connectivity index (χ3n) is 1.41. The first-order chi connectivity index (χ1) is 6.05. The quantitative estimate of drug-likeness (QED) is 0.508. The first kappa shape index (κ1) is 10.4. The molecule has 0 atom stereocenters. The summed E-state index contributed by atoms with van der Waals surface area (Å²) in [6, 6.07) is 5.26. The van der Waals surface area contributed by atoms with E-state index < -0.39 is 11.7 Å². The fourth-order valence-corrected chi connectivity index (χ4v) is 1.18. The maximum Gasteiger partial charge on any atom is 0.417 e. The minimum absolute atomic E-state index is 0.0180. The molecular formula is C9H4F3I. The summed E-state index contributed by atoms with van der Waals surface area (Å²) in [6.07, 6.45) is -4.32. The molecule has 0 saturated heterocycles. The van der Waals surface area contributed by atoms with Crippen LogP contribution in [-0.4, -0.2) is 0 Å². The van der Waals surface area contributed by atoms with Gasteiger partial charge in [0.15, 0.2) is 0 Å². The van der Waals surface area contributed by atoms with Crippen molar-refractivity contribution < 1.29 is 13.2 Å². The van der Waals surface area contributed by atoms with Crippen molar-refractivity contribution in [2.24, 2.45) is 0 Å². The third kappa shape index (κ3) is 2.62. The van der Waals surface area contributed by atoms with Crippen molar-refractivity contribution in [3.05, 3.63) is 35.4 Å². The van der Waals surface area contributed by atoms with Gasteiger partial charge < -0.3 is 0 Å². The zero-order valence-electron chi connectivity index (χ0n) is 6.32. The first-order valence-corrected chi connectivity index (χ1v) is 4.41. The van der Waals surface area contributed by atoms with E-state index in [9.17, 15) is 13.2 Å². The predicted octanol–water partition coefficient (Wildman–Crippen LogP) is 3.45. The van der Waals surface area contributed by atoms with Crippen molar-refractivity contribution in [3.63, 3.8) is 0 Å². The van der Waals surface area contributed by atoms with Crippen LogP contribution in [0.2, 0.25) is 0 Å². The zero-order chi connectivity index (χ0) is 9.90. The third-order valence-corrected chi connectivity index (χ3v) is 1.68. The van der Waals surface area contributed by atoms with Crippen molar-refractivity contribution in [2.75, 3.05) is 0 Å². The second-order valence-electron chi connectivity index (χ2n) is 2.26. The van der Waals surface area contributed by atoms with E-state index in [-0.39, 0.29) is 5.56 Å². The molecule has 0 aliphatic rings.